The molecule has 0 radical (unpaired) electrons. The number of nitrogens with one attached hydrogen (secondary N) is 1. The number of anilines is 3. The molecule has 0 saturated carbocycles. The summed E-state index contributed by atoms with van der Waals surface area (Å²) in [5.41, 5.74) is 1.83. The van der Waals surface area contributed by atoms with Crippen molar-refractivity contribution < 1.29 is 8.42 Å². The Balaban J connectivity index is 2.22. The molecule has 18 heavy (non-hydrogen) atoms. The van der Waals surface area contributed by atoms with Crippen molar-refractivity contribution in [1.29, 1.82) is 0 Å². The average Bonchev–Trinajstić information content (AvgIpc) is 2.58. The van der Waals surface area contributed by atoms with Crippen LogP contribution in [0.3, 0.4) is 0 Å². The highest BCUT2D eigenvalue weighted by atomic mass is 79.9. The molecule has 1 aliphatic rings. The Labute approximate surface area is 114 Å². The lowest BCUT2D eigenvalue weighted by molar-refractivity contribution is 0.603. The van der Waals surface area contributed by atoms with Crippen molar-refractivity contribution in [3.63, 3.8) is 0 Å². The monoisotopic (exact) mass is 324 g/mol. The lowest BCUT2D eigenvalue weighted by Gasteiger charge is -2.16. The predicted molar refractivity (Wildman–Crippen MR) is 75.3 cm³/mol. The maximum atomic E-state index is 12.1. The van der Waals surface area contributed by atoms with Crippen molar-refractivity contribution in [2.45, 2.75) is 0 Å². The molecule has 0 atom stereocenters. The van der Waals surface area contributed by atoms with Crippen LogP contribution in [0.5, 0.6) is 0 Å². The van der Waals surface area contributed by atoms with Gasteiger partial charge in [0.2, 0.25) is 0 Å². The zero-order chi connectivity index (χ0) is 12.8. The third kappa shape index (κ3) is 1.77. The first-order valence-corrected chi connectivity index (χ1v) is 7.49. The molecule has 0 fully saturated rings. The first-order valence-electron chi connectivity index (χ1n) is 5.25. The lowest BCUT2D eigenvalue weighted by Crippen LogP contribution is -2.25. The number of nitrogens with zero attached hydrogens (tertiary/aromatic N) is 1. The van der Waals surface area contributed by atoms with E-state index in [4.69, 9.17) is 0 Å². The minimum atomic E-state index is -3.55. The molecule has 3 rings (SSSR count). The van der Waals surface area contributed by atoms with Gasteiger partial charge in [-0.15, -0.1) is 0 Å². The molecule has 0 aliphatic carbocycles. The number of hydrogen-bond donors (Lipinski definition) is 1. The van der Waals surface area contributed by atoms with Crippen molar-refractivity contribution in [1.82, 2.24) is 0 Å². The highest BCUT2D eigenvalue weighted by molar-refractivity contribution is 9.10. The fourth-order valence-electron chi connectivity index (χ4n) is 1.93. The summed E-state index contributed by atoms with van der Waals surface area (Å²) in [7, 11) is -3.55. The molecular weight excluding hydrogens is 316 g/mol. The number of rotatable bonds is 1. The summed E-state index contributed by atoms with van der Waals surface area (Å²) in [4.78, 5) is 0. The normalized spacial score (nSPS) is 16.2. The van der Waals surface area contributed by atoms with Gasteiger partial charge < -0.3 is 0 Å². The molecule has 0 bridgehead atoms. The molecule has 2 aromatic rings. The Bertz CT molecular complexity index is 716. The number of para-hydroxylation sites is 2. The van der Waals surface area contributed by atoms with Gasteiger partial charge in [-0.3, -0.25) is 4.72 Å². The molecule has 0 unspecified atom stereocenters. The van der Waals surface area contributed by atoms with Crippen LogP contribution in [0.15, 0.2) is 53.0 Å². The van der Waals surface area contributed by atoms with Crippen LogP contribution in [0.2, 0.25) is 0 Å². The van der Waals surface area contributed by atoms with Gasteiger partial charge in [0.15, 0.2) is 0 Å². The van der Waals surface area contributed by atoms with E-state index >= 15 is 0 Å². The lowest BCUT2D eigenvalue weighted by atomic mass is 10.2. The fourth-order valence-corrected chi connectivity index (χ4v) is 3.67. The molecule has 0 saturated heterocycles. The van der Waals surface area contributed by atoms with E-state index in [1.807, 2.05) is 12.1 Å². The second kappa shape index (κ2) is 4.00. The van der Waals surface area contributed by atoms with E-state index in [2.05, 4.69) is 20.7 Å². The second-order valence-corrected chi connectivity index (χ2v) is 6.30. The Morgan fingerprint density at radius 2 is 1.83 bits per heavy atom. The van der Waals surface area contributed by atoms with Crippen molar-refractivity contribution in [3.05, 3.63) is 53.0 Å². The smallest absolute Gasteiger partial charge is 0.264 e. The number of fused-ring (bicyclic) bond motifs is 1. The first-order chi connectivity index (χ1) is 8.58. The van der Waals surface area contributed by atoms with Gasteiger partial charge in [0, 0.05) is 4.47 Å². The molecule has 1 N–H and O–H groups in total. The van der Waals surface area contributed by atoms with Crippen LogP contribution in [0.1, 0.15) is 0 Å². The Hall–Kier alpha value is -1.53. The minimum Gasteiger partial charge on any atom is -0.264 e. The van der Waals surface area contributed by atoms with Gasteiger partial charge in [-0.2, -0.15) is 8.42 Å². The first kappa shape index (κ1) is 11.6. The summed E-state index contributed by atoms with van der Waals surface area (Å²) in [6.07, 6.45) is 0. The van der Waals surface area contributed by atoms with E-state index in [1.54, 1.807) is 36.4 Å². The minimum absolute atomic E-state index is 0.595. The van der Waals surface area contributed by atoms with E-state index < -0.39 is 10.2 Å². The number of hydrogen-bond acceptors (Lipinski definition) is 2. The zero-order valence-electron chi connectivity index (χ0n) is 9.17. The SMILES string of the molecule is O=S1(=O)Nc2ccccc2N1c1cccc(Br)c1. The third-order valence-electron chi connectivity index (χ3n) is 2.64. The largest absolute Gasteiger partial charge is 0.328 e. The summed E-state index contributed by atoms with van der Waals surface area (Å²) in [5, 5.41) is 0. The van der Waals surface area contributed by atoms with E-state index in [0.717, 1.165) is 4.47 Å². The van der Waals surface area contributed by atoms with Gasteiger partial charge in [0.05, 0.1) is 17.1 Å². The van der Waals surface area contributed by atoms with Crippen LogP contribution in [-0.2, 0) is 10.2 Å². The van der Waals surface area contributed by atoms with Crippen LogP contribution in [0.4, 0.5) is 17.1 Å². The number of halogens is 1. The number of benzene rings is 2. The summed E-state index contributed by atoms with van der Waals surface area (Å²) in [6, 6.07) is 14.3. The standard InChI is InChI=1S/C12H9BrN2O2S/c13-9-4-3-5-10(8-9)15-12-7-2-1-6-11(12)14-18(15,16)17/h1-8,14H. The molecule has 1 heterocycles. The van der Waals surface area contributed by atoms with Crippen LogP contribution in [0, 0.1) is 0 Å². The van der Waals surface area contributed by atoms with E-state index in [-0.39, 0.29) is 0 Å². The van der Waals surface area contributed by atoms with Gasteiger partial charge in [0.25, 0.3) is 0 Å². The molecule has 4 nitrogen and oxygen atoms in total. The average molecular weight is 325 g/mol. The fraction of sp³-hybridized carbons (Fsp3) is 0. The Morgan fingerprint density at radius 3 is 2.61 bits per heavy atom. The van der Waals surface area contributed by atoms with E-state index in [9.17, 15) is 8.42 Å². The molecule has 6 heteroatoms. The maximum Gasteiger partial charge on any atom is 0.328 e. The molecule has 1 aliphatic heterocycles. The molecule has 2 aromatic carbocycles. The van der Waals surface area contributed by atoms with Gasteiger partial charge in [0.1, 0.15) is 0 Å². The van der Waals surface area contributed by atoms with Gasteiger partial charge in [-0.25, -0.2) is 4.31 Å². The summed E-state index contributed by atoms with van der Waals surface area (Å²) in [5.74, 6) is 0. The summed E-state index contributed by atoms with van der Waals surface area (Å²) >= 11 is 3.34. The second-order valence-electron chi connectivity index (χ2n) is 3.87. The van der Waals surface area contributed by atoms with Crippen LogP contribution in [-0.4, -0.2) is 8.42 Å². The van der Waals surface area contributed by atoms with E-state index in [0.29, 0.717) is 17.1 Å². The highest BCUT2D eigenvalue weighted by Crippen LogP contribution is 2.41. The molecule has 0 amide bonds. The molecule has 0 aromatic heterocycles. The molecular formula is C12H9BrN2O2S. The summed E-state index contributed by atoms with van der Waals surface area (Å²) < 4.78 is 28.9. The van der Waals surface area contributed by atoms with Crippen molar-refractivity contribution >= 4 is 43.2 Å². The van der Waals surface area contributed by atoms with Gasteiger partial charge >= 0.3 is 10.2 Å². The van der Waals surface area contributed by atoms with Crippen LogP contribution < -0.4 is 9.03 Å². The summed E-state index contributed by atoms with van der Waals surface area (Å²) in [6.45, 7) is 0. The van der Waals surface area contributed by atoms with Crippen LogP contribution >= 0.6 is 15.9 Å². The quantitative estimate of drug-likeness (QED) is 0.875. The Kier molecular flexibility index (Phi) is 2.57. The van der Waals surface area contributed by atoms with E-state index in [1.165, 1.54) is 4.31 Å². The van der Waals surface area contributed by atoms with Gasteiger partial charge in [-0.1, -0.05) is 34.1 Å². The Morgan fingerprint density at radius 1 is 1.06 bits per heavy atom. The predicted octanol–water partition coefficient (Wildman–Crippen LogP) is 3.26. The van der Waals surface area contributed by atoms with Crippen molar-refractivity contribution in [3.8, 4) is 0 Å². The van der Waals surface area contributed by atoms with Gasteiger partial charge in [-0.05, 0) is 30.3 Å². The highest BCUT2D eigenvalue weighted by Gasteiger charge is 2.33. The molecule has 92 valence electrons. The van der Waals surface area contributed by atoms with Crippen molar-refractivity contribution in [2.75, 3.05) is 9.03 Å². The molecule has 0 spiro atoms. The third-order valence-corrected chi connectivity index (χ3v) is 4.50. The van der Waals surface area contributed by atoms with Crippen LogP contribution in [0.25, 0.3) is 0 Å². The topological polar surface area (TPSA) is 49.4 Å². The maximum absolute atomic E-state index is 12.1. The van der Waals surface area contributed by atoms with Crippen molar-refractivity contribution in [2.24, 2.45) is 0 Å². The zero-order valence-corrected chi connectivity index (χ0v) is 11.6.